The fraction of sp³-hybridized carbons (Fsp3) is 0.571. The van der Waals surface area contributed by atoms with Crippen molar-refractivity contribution in [2.24, 2.45) is 11.8 Å². The highest BCUT2D eigenvalue weighted by atomic mass is 35.5. The number of hydrogen-bond donors (Lipinski definition) is 1. The summed E-state index contributed by atoms with van der Waals surface area (Å²) in [5.74, 6) is 1.72. The van der Waals surface area contributed by atoms with Gasteiger partial charge in [0.15, 0.2) is 0 Å². The van der Waals surface area contributed by atoms with Crippen molar-refractivity contribution in [3.8, 4) is 0 Å². The van der Waals surface area contributed by atoms with Gasteiger partial charge in [-0.25, -0.2) is 0 Å². The lowest BCUT2D eigenvalue weighted by atomic mass is 10.0. The topological polar surface area (TPSA) is 15.3 Å². The van der Waals surface area contributed by atoms with Crippen LogP contribution in [0.1, 0.15) is 18.5 Å². The van der Waals surface area contributed by atoms with Crippen LogP contribution in [0.15, 0.2) is 24.3 Å². The monoisotopic (exact) mass is 250 g/mol. The Kier molecular flexibility index (Phi) is 3.12. The van der Waals surface area contributed by atoms with Crippen LogP contribution in [-0.4, -0.2) is 31.1 Å². The van der Waals surface area contributed by atoms with Gasteiger partial charge in [0.25, 0.3) is 0 Å². The van der Waals surface area contributed by atoms with Gasteiger partial charge in [-0.3, -0.25) is 4.90 Å². The lowest BCUT2D eigenvalue weighted by molar-refractivity contribution is 0.244. The summed E-state index contributed by atoms with van der Waals surface area (Å²) in [5, 5.41) is 4.33. The standard InChI is InChI=1S/C14H19ClN2/c1-10(11-3-2-4-14(15)5-11)17-8-12-6-16-7-13(12)9-17/h2-5,10,12-13,16H,6-9H2,1H3. The van der Waals surface area contributed by atoms with Gasteiger partial charge in [-0.1, -0.05) is 23.7 Å². The smallest absolute Gasteiger partial charge is 0.0409 e. The molecule has 1 N–H and O–H groups in total. The van der Waals surface area contributed by atoms with Gasteiger partial charge in [0.05, 0.1) is 0 Å². The molecule has 0 spiro atoms. The van der Waals surface area contributed by atoms with Gasteiger partial charge in [0.2, 0.25) is 0 Å². The van der Waals surface area contributed by atoms with E-state index in [-0.39, 0.29) is 0 Å². The predicted molar refractivity (Wildman–Crippen MR) is 71.3 cm³/mol. The summed E-state index contributed by atoms with van der Waals surface area (Å²) in [6, 6.07) is 8.76. The summed E-state index contributed by atoms with van der Waals surface area (Å²) in [5.41, 5.74) is 1.34. The Bertz CT molecular complexity index is 395. The Morgan fingerprint density at radius 3 is 2.65 bits per heavy atom. The van der Waals surface area contributed by atoms with E-state index in [1.165, 1.54) is 31.7 Å². The molecule has 2 nitrogen and oxygen atoms in total. The summed E-state index contributed by atoms with van der Waals surface area (Å²) in [7, 11) is 0. The molecule has 17 heavy (non-hydrogen) atoms. The number of rotatable bonds is 2. The van der Waals surface area contributed by atoms with E-state index in [1.807, 2.05) is 12.1 Å². The van der Waals surface area contributed by atoms with Gasteiger partial charge < -0.3 is 5.32 Å². The Morgan fingerprint density at radius 1 is 1.29 bits per heavy atom. The second-order valence-electron chi connectivity index (χ2n) is 5.36. The average Bonchev–Trinajstić information content (AvgIpc) is 2.88. The van der Waals surface area contributed by atoms with Gasteiger partial charge in [0, 0.05) is 24.2 Å². The van der Waals surface area contributed by atoms with Crippen LogP contribution in [0.5, 0.6) is 0 Å². The third-order valence-electron chi connectivity index (χ3n) is 4.30. The first kappa shape index (κ1) is 11.5. The minimum absolute atomic E-state index is 0.485. The minimum Gasteiger partial charge on any atom is -0.316 e. The SMILES string of the molecule is CC(c1cccc(Cl)c1)N1CC2CNCC2C1. The van der Waals surface area contributed by atoms with Crippen molar-refractivity contribution in [2.75, 3.05) is 26.2 Å². The van der Waals surface area contributed by atoms with Crippen molar-refractivity contribution in [3.63, 3.8) is 0 Å². The summed E-state index contributed by atoms with van der Waals surface area (Å²) >= 11 is 6.06. The maximum atomic E-state index is 6.06. The van der Waals surface area contributed by atoms with Crippen LogP contribution in [0.2, 0.25) is 5.02 Å². The molecule has 0 radical (unpaired) electrons. The van der Waals surface area contributed by atoms with E-state index in [9.17, 15) is 0 Å². The van der Waals surface area contributed by atoms with E-state index in [0.717, 1.165) is 16.9 Å². The molecule has 3 unspecified atom stereocenters. The number of fused-ring (bicyclic) bond motifs is 1. The largest absolute Gasteiger partial charge is 0.316 e. The van der Waals surface area contributed by atoms with E-state index in [4.69, 9.17) is 11.6 Å². The zero-order valence-electron chi connectivity index (χ0n) is 10.2. The third-order valence-corrected chi connectivity index (χ3v) is 4.53. The predicted octanol–water partition coefficient (Wildman–Crippen LogP) is 2.55. The van der Waals surface area contributed by atoms with Crippen molar-refractivity contribution < 1.29 is 0 Å². The summed E-state index contributed by atoms with van der Waals surface area (Å²) < 4.78 is 0. The average molecular weight is 251 g/mol. The maximum Gasteiger partial charge on any atom is 0.0409 e. The first-order chi connectivity index (χ1) is 8.24. The number of nitrogens with one attached hydrogen (secondary N) is 1. The zero-order valence-corrected chi connectivity index (χ0v) is 11.0. The van der Waals surface area contributed by atoms with Gasteiger partial charge >= 0.3 is 0 Å². The molecular weight excluding hydrogens is 232 g/mol. The lowest BCUT2D eigenvalue weighted by Gasteiger charge is -2.25. The van der Waals surface area contributed by atoms with Gasteiger partial charge in [-0.2, -0.15) is 0 Å². The summed E-state index contributed by atoms with van der Waals surface area (Å²) in [6.45, 7) is 7.14. The normalized spacial score (nSPS) is 30.5. The quantitative estimate of drug-likeness (QED) is 0.868. The van der Waals surface area contributed by atoms with Crippen LogP contribution in [-0.2, 0) is 0 Å². The van der Waals surface area contributed by atoms with E-state index in [1.54, 1.807) is 0 Å². The van der Waals surface area contributed by atoms with Crippen molar-refractivity contribution in [2.45, 2.75) is 13.0 Å². The lowest BCUT2D eigenvalue weighted by Crippen LogP contribution is -2.28. The van der Waals surface area contributed by atoms with Crippen molar-refractivity contribution in [3.05, 3.63) is 34.9 Å². The fourth-order valence-corrected chi connectivity index (χ4v) is 3.38. The van der Waals surface area contributed by atoms with Crippen LogP contribution in [0, 0.1) is 11.8 Å². The number of nitrogens with zero attached hydrogens (tertiary/aromatic N) is 1. The molecule has 1 aromatic rings. The molecule has 0 amide bonds. The third kappa shape index (κ3) is 2.22. The molecule has 1 aromatic carbocycles. The number of hydrogen-bond acceptors (Lipinski definition) is 2. The van der Waals surface area contributed by atoms with Gasteiger partial charge in [-0.15, -0.1) is 0 Å². The Hall–Kier alpha value is -0.570. The van der Waals surface area contributed by atoms with E-state index in [2.05, 4.69) is 29.3 Å². The van der Waals surface area contributed by atoms with Crippen LogP contribution in [0.4, 0.5) is 0 Å². The van der Waals surface area contributed by atoms with Crippen LogP contribution >= 0.6 is 11.6 Å². The van der Waals surface area contributed by atoms with Crippen LogP contribution < -0.4 is 5.32 Å². The Labute approximate surface area is 108 Å². The fourth-order valence-electron chi connectivity index (χ4n) is 3.19. The van der Waals surface area contributed by atoms with Crippen molar-refractivity contribution in [1.82, 2.24) is 10.2 Å². The Balaban J connectivity index is 1.73. The van der Waals surface area contributed by atoms with Crippen molar-refractivity contribution in [1.29, 1.82) is 0 Å². The number of halogens is 1. The second-order valence-corrected chi connectivity index (χ2v) is 5.80. The highest BCUT2D eigenvalue weighted by Crippen LogP contribution is 2.33. The highest BCUT2D eigenvalue weighted by Gasteiger charge is 2.37. The second kappa shape index (κ2) is 4.60. The number of benzene rings is 1. The van der Waals surface area contributed by atoms with E-state index >= 15 is 0 Å². The molecule has 2 saturated heterocycles. The van der Waals surface area contributed by atoms with Crippen LogP contribution in [0.3, 0.4) is 0 Å². The molecule has 2 aliphatic heterocycles. The molecular formula is C14H19ClN2. The summed E-state index contributed by atoms with van der Waals surface area (Å²) in [6.07, 6.45) is 0. The minimum atomic E-state index is 0.485. The van der Waals surface area contributed by atoms with Gasteiger partial charge in [0.1, 0.15) is 0 Å². The van der Waals surface area contributed by atoms with E-state index < -0.39 is 0 Å². The molecule has 2 heterocycles. The molecule has 3 heteroatoms. The van der Waals surface area contributed by atoms with Gasteiger partial charge in [-0.05, 0) is 49.5 Å². The molecule has 0 aromatic heterocycles. The zero-order chi connectivity index (χ0) is 11.8. The van der Waals surface area contributed by atoms with Crippen molar-refractivity contribution >= 4 is 11.6 Å². The molecule has 92 valence electrons. The molecule has 3 atom stereocenters. The molecule has 2 aliphatic rings. The molecule has 0 aliphatic carbocycles. The maximum absolute atomic E-state index is 6.06. The highest BCUT2D eigenvalue weighted by molar-refractivity contribution is 6.30. The van der Waals surface area contributed by atoms with E-state index in [0.29, 0.717) is 6.04 Å². The summed E-state index contributed by atoms with van der Waals surface area (Å²) in [4.78, 5) is 2.60. The van der Waals surface area contributed by atoms with Crippen LogP contribution in [0.25, 0.3) is 0 Å². The Morgan fingerprint density at radius 2 is 2.00 bits per heavy atom. The molecule has 2 fully saturated rings. The molecule has 3 rings (SSSR count). The molecule has 0 bridgehead atoms. The first-order valence-corrected chi connectivity index (χ1v) is 6.82. The first-order valence-electron chi connectivity index (χ1n) is 6.44. The molecule has 0 saturated carbocycles. The number of likely N-dealkylation sites (tertiary alicyclic amines) is 1.